The number of aliphatic hydroxyl groups is 5. The molecule has 6 N–H and O–H groups in total. The number of amides is 1. The van der Waals surface area contributed by atoms with E-state index in [0.29, 0.717) is 0 Å². The van der Waals surface area contributed by atoms with Gasteiger partial charge in [-0.05, 0) is 0 Å². The molecular weight excluding hydrogens is 194 g/mol. The lowest BCUT2D eigenvalue weighted by Gasteiger charge is -2.24. The molecule has 14 heavy (non-hydrogen) atoms. The summed E-state index contributed by atoms with van der Waals surface area (Å²) >= 11 is 0. The summed E-state index contributed by atoms with van der Waals surface area (Å²) in [6.07, 6.45) is -7.09. The first-order valence-electron chi connectivity index (χ1n) is 4.00. The smallest absolute Gasteiger partial charge is 0.251 e. The second-order valence-electron chi connectivity index (χ2n) is 2.79. The fraction of sp³-hybridized carbons (Fsp3) is 0.857. The summed E-state index contributed by atoms with van der Waals surface area (Å²) in [5.74, 6) is -0.887. The Morgan fingerprint density at radius 1 is 1.21 bits per heavy atom. The van der Waals surface area contributed by atoms with Gasteiger partial charge < -0.3 is 30.8 Å². The van der Waals surface area contributed by atoms with E-state index in [9.17, 15) is 4.79 Å². The quantitative estimate of drug-likeness (QED) is 0.275. The summed E-state index contributed by atoms with van der Waals surface area (Å²) in [4.78, 5) is 10.8. The molecule has 0 radical (unpaired) electrons. The van der Waals surface area contributed by atoms with Crippen molar-refractivity contribution in [1.82, 2.24) is 5.32 Å². The van der Waals surface area contributed by atoms with E-state index in [1.54, 1.807) is 0 Å². The molecule has 0 fully saturated rings. The standard InChI is InChI=1S/C7H15NO6/c1-8-7(14)6(13)5(12)4(11)3(10)2-9/h3-6,9-13H,2H2,1H3,(H,8,14). The average molecular weight is 209 g/mol. The van der Waals surface area contributed by atoms with Crippen molar-refractivity contribution < 1.29 is 30.3 Å². The van der Waals surface area contributed by atoms with Gasteiger partial charge in [-0.3, -0.25) is 4.79 Å². The maximum atomic E-state index is 10.8. The highest BCUT2D eigenvalue weighted by Gasteiger charge is 2.33. The van der Waals surface area contributed by atoms with Crippen LogP contribution in [0.5, 0.6) is 0 Å². The molecule has 0 heterocycles. The van der Waals surface area contributed by atoms with Gasteiger partial charge in [0.1, 0.15) is 18.3 Å². The number of likely N-dealkylation sites (N-methyl/N-ethyl adjacent to an activating group) is 1. The van der Waals surface area contributed by atoms with Gasteiger partial charge in [0.15, 0.2) is 6.10 Å². The van der Waals surface area contributed by atoms with Crippen molar-refractivity contribution in [3.63, 3.8) is 0 Å². The van der Waals surface area contributed by atoms with Crippen molar-refractivity contribution in [2.45, 2.75) is 24.4 Å². The van der Waals surface area contributed by atoms with Gasteiger partial charge in [-0.15, -0.1) is 0 Å². The van der Waals surface area contributed by atoms with Crippen LogP contribution in [0.1, 0.15) is 0 Å². The minimum Gasteiger partial charge on any atom is -0.394 e. The maximum Gasteiger partial charge on any atom is 0.251 e. The Labute approximate surface area is 80.6 Å². The first-order chi connectivity index (χ1) is 6.45. The van der Waals surface area contributed by atoms with Crippen LogP contribution in [0.4, 0.5) is 0 Å². The molecule has 0 saturated carbocycles. The van der Waals surface area contributed by atoms with E-state index in [1.165, 1.54) is 7.05 Å². The molecule has 0 aliphatic heterocycles. The van der Waals surface area contributed by atoms with E-state index in [4.69, 9.17) is 25.5 Å². The van der Waals surface area contributed by atoms with Gasteiger partial charge in [0.05, 0.1) is 6.61 Å². The molecule has 4 atom stereocenters. The topological polar surface area (TPSA) is 130 Å². The van der Waals surface area contributed by atoms with E-state index in [-0.39, 0.29) is 0 Å². The van der Waals surface area contributed by atoms with Gasteiger partial charge in [0.2, 0.25) is 0 Å². The predicted molar refractivity (Wildman–Crippen MR) is 45.2 cm³/mol. The molecule has 1 amide bonds. The van der Waals surface area contributed by atoms with E-state index in [0.717, 1.165) is 0 Å². The Morgan fingerprint density at radius 3 is 2.07 bits per heavy atom. The zero-order chi connectivity index (χ0) is 11.3. The molecule has 7 nitrogen and oxygen atoms in total. The van der Waals surface area contributed by atoms with Gasteiger partial charge >= 0.3 is 0 Å². The molecule has 0 aliphatic rings. The number of aliphatic hydroxyl groups excluding tert-OH is 5. The lowest BCUT2D eigenvalue weighted by Crippen LogP contribution is -2.51. The van der Waals surface area contributed by atoms with Crippen LogP contribution in [0, 0.1) is 0 Å². The second kappa shape index (κ2) is 5.89. The third-order valence-corrected chi connectivity index (χ3v) is 1.77. The highest BCUT2D eigenvalue weighted by Crippen LogP contribution is 2.04. The summed E-state index contributed by atoms with van der Waals surface area (Å²) in [6, 6.07) is 0. The Bertz CT molecular complexity index is 187. The lowest BCUT2D eigenvalue weighted by atomic mass is 10.0. The third kappa shape index (κ3) is 3.20. The van der Waals surface area contributed by atoms with Crippen LogP contribution >= 0.6 is 0 Å². The molecule has 0 aromatic carbocycles. The van der Waals surface area contributed by atoms with Crippen LogP contribution < -0.4 is 5.32 Å². The first kappa shape index (κ1) is 13.3. The number of nitrogens with one attached hydrogen (secondary N) is 1. The highest BCUT2D eigenvalue weighted by atomic mass is 16.4. The van der Waals surface area contributed by atoms with Crippen molar-refractivity contribution >= 4 is 5.91 Å². The molecule has 0 bridgehead atoms. The maximum absolute atomic E-state index is 10.8. The van der Waals surface area contributed by atoms with Crippen molar-refractivity contribution in [2.24, 2.45) is 0 Å². The number of hydrogen-bond acceptors (Lipinski definition) is 6. The summed E-state index contributed by atoms with van der Waals surface area (Å²) < 4.78 is 0. The van der Waals surface area contributed by atoms with Crippen LogP contribution in [0.2, 0.25) is 0 Å². The second-order valence-corrected chi connectivity index (χ2v) is 2.79. The van der Waals surface area contributed by atoms with Crippen LogP contribution in [0.3, 0.4) is 0 Å². The molecule has 0 spiro atoms. The monoisotopic (exact) mass is 209 g/mol. The predicted octanol–water partition coefficient (Wildman–Crippen LogP) is -3.83. The zero-order valence-electron chi connectivity index (χ0n) is 7.66. The number of hydrogen-bond donors (Lipinski definition) is 6. The summed E-state index contributed by atoms with van der Waals surface area (Å²) in [5, 5.41) is 46.7. The van der Waals surface area contributed by atoms with Gasteiger partial charge in [0, 0.05) is 7.05 Å². The molecule has 0 aromatic heterocycles. The van der Waals surface area contributed by atoms with E-state index >= 15 is 0 Å². The summed E-state index contributed by atoms with van der Waals surface area (Å²) in [7, 11) is 1.24. The Kier molecular flexibility index (Phi) is 5.58. The van der Waals surface area contributed by atoms with Gasteiger partial charge in [-0.1, -0.05) is 0 Å². The van der Waals surface area contributed by atoms with Crippen LogP contribution in [-0.4, -0.2) is 69.5 Å². The summed E-state index contributed by atoms with van der Waals surface area (Å²) in [6.45, 7) is -0.779. The molecule has 0 aromatic rings. The van der Waals surface area contributed by atoms with E-state index < -0.39 is 36.9 Å². The van der Waals surface area contributed by atoms with Gasteiger partial charge in [-0.25, -0.2) is 0 Å². The fourth-order valence-corrected chi connectivity index (χ4v) is 0.825. The largest absolute Gasteiger partial charge is 0.394 e. The van der Waals surface area contributed by atoms with Crippen LogP contribution in [0.15, 0.2) is 0 Å². The minimum atomic E-state index is -1.85. The van der Waals surface area contributed by atoms with Crippen LogP contribution in [0.25, 0.3) is 0 Å². The molecular formula is C7H15NO6. The summed E-state index contributed by atoms with van der Waals surface area (Å²) in [5.41, 5.74) is 0. The van der Waals surface area contributed by atoms with Gasteiger partial charge in [-0.2, -0.15) is 0 Å². The van der Waals surface area contributed by atoms with Crippen molar-refractivity contribution in [2.75, 3.05) is 13.7 Å². The van der Waals surface area contributed by atoms with E-state index in [1.807, 2.05) is 0 Å². The Hall–Kier alpha value is -0.730. The third-order valence-electron chi connectivity index (χ3n) is 1.77. The molecule has 0 aliphatic carbocycles. The molecule has 7 heteroatoms. The normalized spacial score (nSPS) is 19.6. The Balaban J connectivity index is 4.30. The molecule has 4 unspecified atom stereocenters. The first-order valence-corrected chi connectivity index (χ1v) is 4.00. The van der Waals surface area contributed by atoms with Crippen LogP contribution in [-0.2, 0) is 4.79 Å². The molecule has 0 saturated heterocycles. The highest BCUT2D eigenvalue weighted by molar-refractivity contribution is 5.80. The number of rotatable bonds is 5. The zero-order valence-corrected chi connectivity index (χ0v) is 7.66. The Morgan fingerprint density at radius 2 is 1.71 bits per heavy atom. The fourth-order valence-electron chi connectivity index (χ4n) is 0.825. The number of carbonyl (C=O) groups is 1. The van der Waals surface area contributed by atoms with Crippen molar-refractivity contribution in [3.8, 4) is 0 Å². The van der Waals surface area contributed by atoms with E-state index in [2.05, 4.69) is 5.32 Å². The minimum absolute atomic E-state index is 0.779. The molecule has 0 rings (SSSR count). The molecule has 84 valence electrons. The SMILES string of the molecule is CNC(=O)C(O)C(O)C(O)C(O)CO. The average Bonchev–Trinajstić information content (AvgIpc) is 2.23. The lowest BCUT2D eigenvalue weighted by molar-refractivity contribution is -0.148. The van der Waals surface area contributed by atoms with Crippen molar-refractivity contribution in [1.29, 1.82) is 0 Å². The number of carbonyl (C=O) groups excluding carboxylic acids is 1. The van der Waals surface area contributed by atoms with Gasteiger partial charge in [0.25, 0.3) is 5.91 Å². The van der Waals surface area contributed by atoms with Crippen molar-refractivity contribution in [3.05, 3.63) is 0 Å².